The van der Waals surface area contributed by atoms with Crippen molar-refractivity contribution in [2.75, 3.05) is 5.75 Å². The quantitative estimate of drug-likeness (QED) is 0.501. The van der Waals surface area contributed by atoms with Gasteiger partial charge in [0.25, 0.3) is 0 Å². The molecule has 0 radical (unpaired) electrons. The summed E-state index contributed by atoms with van der Waals surface area (Å²) >= 11 is 4.33. The molecule has 1 aromatic rings. The second-order valence-corrected chi connectivity index (χ2v) is 12.1. The highest BCUT2D eigenvalue weighted by Gasteiger charge is 2.42. The van der Waals surface area contributed by atoms with Gasteiger partial charge >= 0.3 is 6.09 Å². The molecule has 0 saturated heterocycles. The number of nitrogens with one attached hydrogen (secondary N) is 2. The summed E-state index contributed by atoms with van der Waals surface area (Å²) in [5.74, 6) is -0.659. The summed E-state index contributed by atoms with van der Waals surface area (Å²) < 4.78 is 5.34. The number of aryl methyl sites for hydroxylation is 1. The van der Waals surface area contributed by atoms with Gasteiger partial charge < -0.3 is 20.3 Å². The Kier molecular flexibility index (Phi) is 9.66. The Morgan fingerprint density at radius 3 is 2.00 bits per heavy atom. The molecule has 0 aliphatic carbocycles. The van der Waals surface area contributed by atoms with E-state index in [1.54, 1.807) is 25.7 Å². The van der Waals surface area contributed by atoms with Gasteiger partial charge in [-0.05, 0) is 92.9 Å². The Morgan fingerprint density at radius 2 is 1.56 bits per heavy atom. The normalized spacial score (nSPS) is 14.1. The molecule has 1 rings (SSSR count). The molecular formula is C26H43N3O4S. The summed E-state index contributed by atoms with van der Waals surface area (Å²) in [5.41, 5.74) is 0.721. The first-order chi connectivity index (χ1) is 15.3. The average Bonchev–Trinajstić information content (AvgIpc) is 2.62. The number of carbonyl (C=O) groups is 3. The first-order valence-corrected chi connectivity index (χ1v) is 12.2. The Balaban J connectivity index is 3.60. The molecular weight excluding hydrogens is 450 g/mol. The third-order valence-electron chi connectivity index (χ3n) is 5.08. The molecule has 0 spiro atoms. The van der Waals surface area contributed by atoms with Gasteiger partial charge in [0.2, 0.25) is 11.8 Å². The number of amides is 3. The van der Waals surface area contributed by atoms with Crippen LogP contribution in [0.3, 0.4) is 0 Å². The molecule has 0 fully saturated rings. The van der Waals surface area contributed by atoms with Crippen molar-refractivity contribution in [3.05, 3.63) is 34.9 Å². The number of benzene rings is 1. The monoisotopic (exact) mass is 493 g/mol. The van der Waals surface area contributed by atoms with E-state index < -0.39 is 40.8 Å². The summed E-state index contributed by atoms with van der Waals surface area (Å²) in [6, 6.07) is 3.84. The molecule has 3 amide bonds. The average molecular weight is 494 g/mol. The minimum atomic E-state index is -0.979. The Hall–Kier alpha value is -2.22. The topological polar surface area (TPSA) is 87.7 Å². The lowest BCUT2D eigenvalue weighted by atomic mass is 9.91. The molecule has 0 aromatic heterocycles. The minimum Gasteiger partial charge on any atom is -0.444 e. The zero-order valence-corrected chi connectivity index (χ0v) is 23.5. The molecule has 2 atom stereocenters. The third kappa shape index (κ3) is 8.53. The van der Waals surface area contributed by atoms with Gasteiger partial charge in [-0.2, -0.15) is 12.6 Å². The van der Waals surface area contributed by atoms with Crippen LogP contribution in [0.25, 0.3) is 0 Å². The first kappa shape index (κ1) is 29.8. The lowest BCUT2D eigenvalue weighted by Crippen LogP contribution is -2.60. The first-order valence-electron chi connectivity index (χ1n) is 11.6. The van der Waals surface area contributed by atoms with Gasteiger partial charge in [-0.25, -0.2) is 4.79 Å². The molecule has 2 unspecified atom stereocenters. The van der Waals surface area contributed by atoms with Crippen LogP contribution in [0, 0.1) is 13.8 Å². The van der Waals surface area contributed by atoms with Crippen LogP contribution >= 0.6 is 12.6 Å². The number of thiol groups is 1. The molecule has 34 heavy (non-hydrogen) atoms. The minimum absolute atomic E-state index is 0.0467. The van der Waals surface area contributed by atoms with E-state index >= 15 is 0 Å². The van der Waals surface area contributed by atoms with Crippen molar-refractivity contribution in [3.63, 3.8) is 0 Å². The number of alkyl carbamates (subject to hydrolysis) is 1. The van der Waals surface area contributed by atoms with E-state index in [0.717, 1.165) is 16.7 Å². The van der Waals surface area contributed by atoms with Gasteiger partial charge in [0.05, 0.1) is 0 Å². The van der Waals surface area contributed by atoms with Crippen LogP contribution in [0.15, 0.2) is 18.2 Å². The van der Waals surface area contributed by atoms with Gasteiger partial charge in [0.15, 0.2) is 0 Å². The lowest BCUT2D eigenvalue weighted by molar-refractivity contribution is -0.148. The van der Waals surface area contributed by atoms with Crippen molar-refractivity contribution in [1.82, 2.24) is 15.5 Å². The Bertz CT molecular complexity index is 895. The molecule has 0 heterocycles. The van der Waals surface area contributed by atoms with Crippen LogP contribution in [0.5, 0.6) is 0 Å². The van der Waals surface area contributed by atoms with Crippen LogP contribution in [0.1, 0.15) is 85.0 Å². The van der Waals surface area contributed by atoms with Crippen molar-refractivity contribution in [2.24, 2.45) is 0 Å². The number of carbonyl (C=O) groups excluding carboxylic acids is 3. The highest BCUT2D eigenvalue weighted by molar-refractivity contribution is 7.80. The largest absolute Gasteiger partial charge is 0.444 e. The SMILES string of the molecule is Cc1cccc(C(C(=O)NC(C)(C)C)N(C(=O)C(CS)NC(=O)OC(C)(C)C)C(C)(C)C)c1C. The molecule has 1 aromatic carbocycles. The maximum Gasteiger partial charge on any atom is 0.408 e. The molecule has 7 nitrogen and oxygen atoms in total. The van der Waals surface area contributed by atoms with Crippen molar-refractivity contribution in [3.8, 4) is 0 Å². The highest BCUT2D eigenvalue weighted by Crippen LogP contribution is 2.33. The lowest BCUT2D eigenvalue weighted by Gasteiger charge is -2.44. The maximum absolute atomic E-state index is 13.9. The smallest absolute Gasteiger partial charge is 0.408 e. The van der Waals surface area contributed by atoms with Gasteiger partial charge in [0.1, 0.15) is 17.7 Å². The van der Waals surface area contributed by atoms with Gasteiger partial charge in [-0.1, -0.05) is 18.2 Å². The predicted molar refractivity (Wildman–Crippen MR) is 140 cm³/mol. The van der Waals surface area contributed by atoms with E-state index in [-0.39, 0.29) is 11.7 Å². The van der Waals surface area contributed by atoms with Crippen molar-refractivity contribution < 1.29 is 19.1 Å². The summed E-state index contributed by atoms with van der Waals surface area (Å²) in [4.78, 5) is 41.6. The second-order valence-electron chi connectivity index (χ2n) is 11.7. The van der Waals surface area contributed by atoms with E-state index in [1.165, 1.54) is 0 Å². The Morgan fingerprint density at radius 1 is 1.00 bits per heavy atom. The zero-order valence-electron chi connectivity index (χ0n) is 22.6. The summed E-state index contributed by atoms with van der Waals surface area (Å²) in [6.45, 7) is 20.5. The molecule has 8 heteroatoms. The van der Waals surface area contributed by atoms with E-state index in [9.17, 15) is 14.4 Å². The van der Waals surface area contributed by atoms with Crippen LogP contribution in [-0.4, -0.2) is 51.3 Å². The van der Waals surface area contributed by atoms with Gasteiger partial charge in [0, 0.05) is 16.8 Å². The van der Waals surface area contributed by atoms with Crippen LogP contribution < -0.4 is 10.6 Å². The predicted octanol–water partition coefficient (Wildman–Crippen LogP) is 4.71. The number of hydrogen-bond donors (Lipinski definition) is 3. The third-order valence-corrected chi connectivity index (χ3v) is 5.44. The molecule has 0 aliphatic rings. The van der Waals surface area contributed by atoms with E-state index in [4.69, 9.17) is 4.74 Å². The van der Waals surface area contributed by atoms with Gasteiger partial charge in [-0.15, -0.1) is 0 Å². The standard InChI is InChI=1S/C26H43N3O4S/c1-16-13-12-14-18(17(16)2)20(21(30)28-24(3,4)5)29(25(6,7)8)22(31)19(15-34)27-23(32)33-26(9,10)11/h12-14,19-20,34H,15H2,1-11H3,(H,27,32)(H,28,30). The summed E-state index contributed by atoms with van der Waals surface area (Å²) in [5, 5.41) is 5.67. The zero-order chi connectivity index (χ0) is 26.6. The molecule has 0 saturated carbocycles. The molecule has 0 aliphatic heterocycles. The summed E-state index contributed by atoms with van der Waals surface area (Å²) in [7, 11) is 0. The van der Waals surface area contributed by atoms with Crippen molar-refractivity contribution >= 4 is 30.5 Å². The van der Waals surface area contributed by atoms with Crippen LogP contribution in [0.4, 0.5) is 4.79 Å². The number of nitrogens with zero attached hydrogens (tertiary/aromatic N) is 1. The molecule has 192 valence electrons. The highest BCUT2D eigenvalue weighted by atomic mass is 32.1. The van der Waals surface area contributed by atoms with Crippen molar-refractivity contribution in [2.45, 2.75) is 105 Å². The van der Waals surface area contributed by atoms with Gasteiger partial charge in [-0.3, -0.25) is 9.59 Å². The number of ether oxygens (including phenoxy) is 1. The molecule has 2 N–H and O–H groups in total. The van der Waals surface area contributed by atoms with Crippen molar-refractivity contribution in [1.29, 1.82) is 0 Å². The number of hydrogen-bond acceptors (Lipinski definition) is 5. The fourth-order valence-corrected chi connectivity index (χ4v) is 3.80. The van der Waals surface area contributed by atoms with E-state index in [2.05, 4.69) is 23.3 Å². The maximum atomic E-state index is 13.9. The van der Waals surface area contributed by atoms with E-state index in [1.807, 2.05) is 73.6 Å². The van der Waals surface area contributed by atoms with Crippen LogP contribution in [0.2, 0.25) is 0 Å². The van der Waals surface area contributed by atoms with E-state index in [0.29, 0.717) is 0 Å². The van der Waals surface area contributed by atoms with Crippen LogP contribution in [-0.2, 0) is 14.3 Å². The fraction of sp³-hybridized carbons (Fsp3) is 0.654. The summed E-state index contributed by atoms with van der Waals surface area (Å²) in [6.07, 6.45) is -0.712. The fourth-order valence-electron chi connectivity index (χ4n) is 3.55. The number of rotatable bonds is 6. The Labute approximate surface area is 210 Å². The second kappa shape index (κ2) is 11.0. The molecule has 0 bridgehead atoms.